The number of fused-ring (bicyclic) bond motifs is 1. The van der Waals surface area contributed by atoms with Gasteiger partial charge in [0, 0.05) is 35.1 Å². The van der Waals surface area contributed by atoms with Gasteiger partial charge in [0.15, 0.2) is 17.2 Å². The molecule has 220 valence electrons. The summed E-state index contributed by atoms with van der Waals surface area (Å²) in [5.74, 6) is -1.83. The minimum absolute atomic E-state index is 0.124. The average molecular weight is 614 g/mol. The van der Waals surface area contributed by atoms with Gasteiger partial charge in [-0.3, -0.25) is 4.72 Å². The highest BCUT2D eigenvalue weighted by Crippen LogP contribution is 2.41. The Bertz CT molecular complexity index is 1980. The van der Waals surface area contributed by atoms with Gasteiger partial charge in [0.1, 0.15) is 16.3 Å². The Morgan fingerprint density at radius 1 is 1.00 bits per heavy atom. The number of aromatic nitrogens is 2. The molecule has 4 aromatic rings. The van der Waals surface area contributed by atoms with E-state index in [0.29, 0.717) is 28.2 Å². The van der Waals surface area contributed by atoms with Crippen molar-refractivity contribution in [2.75, 3.05) is 4.72 Å². The van der Waals surface area contributed by atoms with Crippen LogP contribution in [0, 0.1) is 11.6 Å². The van der Waals surface area contributed by atoms with Crippen molar-refractivity contribution in [3.05, 3.63) is 96.4 Å². The first-order chi connectivity index (χ1) is 19.7. The van der Waals surface area contributed by atoms with Gasteiger partial charge in [-0.1, -0.05) is 23.8 Å². The predicted octanol–water partition coefficient (Wildman–Crippen LogP) is 6.77. The predicted molar refractivity (Wildman–Crippen MR) is 160 cm³/mol. The molecule has 2 heterocycles. The summed E-state index contributed by atoms with van der Waals surface area (Å²) >= 11 is 0. The maximum atomic E-state index is 14.5. The summed E-state index contributed by atoms with van der Waals surface area (Å²) < 4.78 is 89.6. The zero-order valence-electron chi connectivity index (χ0n) is 23.3. The number of hydrogen-bond acceptors (Lipinski definition) is 6. The number of allylic oxidation sites excluding steroid dienone is 3. The molecule has 2 aromatic heterocycles. The molecule has 0 fully saturated rings. The number of rotatable bonds is 8. The van der Waals surface area contributed by atoms with Gasteiger partial charge in [-0.2, -0.15) is 0 Å². The van der Waals surface area contributed by atoms with E-state index in [0.717, 1.165) is 16.1 Å². The third-order valence-electron chi connectivity index (χ3n) is 7.47. The van der Waals surface area contributed by atoms with E-state index >= 15 is 0 Å². The van der Waals surface area contributed by atoms with E-state index in [1.54, 1.807) is 38.1 Å². The molecule has 0 saturated heterocycles. The first kappa shape index (κ1) is 29.5. The van der Waals surface area contributed by atoms with Gasteiger partial charge >= 0.3 is 0 Å². The Hall–Kier alpha value is -4.03. The molecular weight excluding hydrogens is 584 g/mol. The largest absolute Gasteiger partial charge is 0.454 e. The average Bonchev–Trinajstić information content (AvgIpc) is 3.38. The van der Waals surface area contributed by atoms with E-state index in [4.69, 9.17) is 4.74 Å². The fourth-order valence-corrected chi connectivity index (χ4v) is 7.17. The van der Waals surface area contributed by atoms with Crippen LogP contribution in [0.25, 0.3) is 22.2 Å². The molecule has 1 aliphatic carbocycles. The van der Waals surface area contributed by atoms with Gasteiger partial charge in [0.25, 0.3) is 0 Å². The van der Waals surface area contributed by atoms with Crippen LogP contribution in [-0.2, 0) is 20.0 Å². The molecule has 1 atom stereocenters. The molecule has 1 N–H and O–H groups in total. The van der Waals surface area contributed by atoms with E-state index in [9.17, 15) is 25.6 Å². The monoisotopic (exact) mass is 613 g/mol. The minimum atomic E-state index is -3.98. The lowest BCUT2D eigenvalue weighted by Crippen LogP contribution is -2.40. The maximum Gasteiger partial charge on any atom is 0.249 e. The number of pyridine rings is 1. The van der Waals surface area contributed by atoms with Crippen LogP contribution in [0.4, 0.5) is 14.5 Å². The van der Waals surface area contributed by atoms with Gasteiger partial charge in [-0.15, -0.1) is 0 Å². The number of ether oxygens (including phenoxy) is 1. The standard InChI is InChI=1S/C30H29F2N3O5S2/c1-19(2)41(36,37)34-22-9-11-27(40-28-10-8-21(31)17-26(28)32)25(18-22)23-12-15-33-29-24(23)13-16-35(29)42(38,39)30(4)14-6-5-7-20(30)3/h5-13,15-19,34H,14H2,1-4H3. The second-order valence-electron chi connectivity index (χ2n) is 10.5. The number of anilines is 1. The van der Waals surface area contributed by atoms with Crippen LogP contribution in [0.15, 0.2) is 84.7 Å². The number of benzene rings is 2. The number of nitrogens with zero attached hydrogens (tertiary/aromatic N) is 2. The lowest BCUT2D eigenvalue weighted by molar-refractivity contribution is 0.439. The molecule has 42 heavy (non-hydrogen) atoms. The van der Waals surface area contributed by atoms with Gasteiger partial charge in [0.2, 0.25) is 20.0 Å². The lowest BCUT2D eigenvalue weighted by atomic mass is 9.94. The molecule has 5 rings (SSSR count). The highest BCUT2D eigenvalue weighted by molar-refractivity contribution is 7.93. The van der Waals surface area contributed by atoms with Gasteiger partial charge in [-0.05, 0) is 82.1 Å². The highest BCUT2D eigenvalue weighted by Gasteiger charge is 2.42. The molecule has 12 heteroatoms. The van der Waals surface area contributed by atoms with Crippen LogP contribution in [0.5, 0.6) is 11.5 Å². The Labute approximate surface area is 243 Å². The zero-order valence-corrected chi connectivity index (χ0v) is 24.9. The molecule has 0 aliphatic heterocycles. The first-order valence-electron chi connectivity index (χ1n) is 13.1. The fourth-order valence-electron chi connectivity index (χ4n) is 4.66. The molecule has 2 aromatic carbocycles. The first-order valence-corrected chi connectivity index (χ1v) is 16.1. The van der Waals surface area contributed by atoms with E-state index in [-0.39, 0.29) is 29.3 Å². The SMILES string of the molecule is CC1=CC=CCC1(C)S(=O)(=O)n1ccc2c(-c3cc(NS(=O)(=O)C(C)C)ccc3Oc3ccc(F)cc3F)ccnc21. The van der Waals surface area contributed by atoms with Crippen molar-refractivity contribution in [3.63, 3.8) is 0 Å². The number of nitrogens with one attached hydrogen (secondary N) is 1. The summed E-state index contributed by atoms with van der Waals surface area (Å²) in [7, 11) is -7.69. The minimum Gasteiger partial charge on any atom is -0.454 e. The number of hydrogen-bond donors (Lipinski definition) is 1. The van der Waals surface area contributed by atoms with E-state index in [1.165, 1.54) is 44.4 Å². The van der Waals surface area contributed by atoms with Crippen LogP contribution in [0.1, 0.15) is 34.1 Å². The second kappa shape index (κ2) is 10.7. The molecule has 8 nitrogen and oxygen atoms in total. The van der Waals surface area contributed by atoms with Crippen LogP contribution >= 0.6 is 0 Å². The van der Waals surface area contributed by atoms with Gasteiger partial charge < -0.3 is 4.74 Å². The van der Waals surface area contributed by atoms with Crippen LogP contribution in [0.3, 0.4) is 0 Å². The smallest absolute Gasteiger partial charge is 0.249 e. The van der Waals surface area contributed by atoms with Crippen molar-refractivity contribution in [1.29, 1.82) is 0 Å². The summed E-state index contributed by atoms with van der Waals surface area (Å²) in [5, 5.41) is -0.281. The Morgan fingerprint density at radius 3 is 2.43 bits per heavy atom. The van der Waals surface area contributed by atoms with Crippen molar-refractivity contribution in [1.82, 2.24) is 8.96 Å². The van der Waals surface area contributed by atoms with Crippen LogP contribution in [0.2, 0.25) is 0 Å². The zero-order chi connectivity index (χ0) is 30.4. The molecule has 0 saturated carbocycles. The van der Waals surface area contributed by atoms with Crippen molar-refractivity contribution >= 4 is 36.8 Å². The number of sulfonamides is 1. The summed E-state index contributed by atoms with van der Waals surface area (Å²) in [5.41, 5.74) is 1.84. The second-order valence-corrected chi connectivity index (χ2v) is 15.0. The van der Waals surface area contributed by atoms with Crippen molar-refractivity contribution in [2.45, 2.75) is 44.1 Å². The summed E-state index contributed by atoms with van der Waals surface area (Å²) in [6.45, 7) is 6.51. The normalized spacial score (nSPS) is 17.5. The number of halogens is 2. The van der Waals surface area contributed by atoms with Crippen molar-refractivity contribution in [3.8, 4) is 22.6 Å². The van der Waals surface area contributed by atoms with Crippen molar-refractivity contribution in [2.24, 2.45) is 0 Å². The summed E-state index contributed by atoms with van der Waals surface area (Å²) in [6.07, 6.45) is 8.55. The molecule has 0 spiro atoms. The fraction of sp³-hybridized carbons (Fsp3) is 0.233. The Morgan fingerprint density at radius 2 is 1.74 bits per heavy atom. The Balaban J connectivity index is 1.68. The molecule has 0 amide bonds. The lowest BCUT2D eigenvalue weighted by Gasteiger charge is -2.31. The third kappa shape index (κ3) is 5.09. The van der Waals surface area contributed by atoms with Crippen LogP contribution < -0.4 is 9.46 Å². The van der Waals surface area contributed by atoms with E-state index < -0.39 is 41.7 Å². The quantitative estimate of drug-likeness (QED) is 0.235. The van der Waals surface area contributed by atoms with E-state index in [2.05, 4.69) is 9.71 Å². The molecule has 0 radical (unpaired) electrons. The van der Waals surface area contributed by atoms with Crippen LogP contribution in [-0.4, -0.2) is 35.8 Å². The maximum absolute atomic E-state index is 14.5. The Kier molecular flexibility index (Phi) is 7.48. The highest BCUT2D eigenvalue weighted by atomic mass is 32.2. The summed E-state index contributed by atoms with van der Waals surface area (Å²) in [6, 6.07) is 10.5. The third-order valence-corrected chi connectivity index (χ3v) is 11.7. The molecule has 1 aliphatic rings. The van der Waals surface area contributed by atoms with Gasteiger partial charge in [-0.25, -0.2) is 34.6 Å². The summed E-state index contributed by atoms with van der Waals surface area (Å²) in [4.78, 5) is 4.38. The molecule has 0 bridgehead atoms. The van der Waals surface area contributed by atoms with E-state index in [1.807, 2.05) is 6.08 Å². The molecular formula is C30H29F2N3O5S2. The van der Waals surface area contributed by atoms with Gasteiger partial charge in [0.05, 0.1) is 5.25 Å². The topological polar surface area (TPSA) is 107 Å². The van der Waals surface area contributed by atoms with Crippen molar-refractivity contribution < 1.29 is 30.4 Å². The molecule has 1 unspecified atom stereocenters.